The molecule has 0 aromatic heterocycles. The number of amides is 2. The number of piperidine rings is 1. The number of nitrogens with zero attached hydrogens (tertiary/aromatic N) is 2. The largest absolute Gasteiger partial charge is 0.387 e. The standard InChI is InChI=1S/C27H41N3O3/c28-27(33)22-10-4-9-21(16-22)23-17-24-11-12-25(18-23)30(24)15-14-29(26(32)19-31)13-5-8-20-6-2-1-3-7-20/h4,9-10,16,20,23-25,31H,1-3,5-8,11-15,17-19H2,(H2,28,33)/t23?,24-,25+. The van der Waals surface area contributed by atoms with Gasteiger partial charge in [0.05, 0.1) is 0 Å². The lowest BCUT2D eigenvalue weighted by molar-refractivity contribution is -0.134. The Morgan fingerprint density at radius 1 is 1.03 bits per heavy atom. The van der Waals surface area contributed by atoms with E-state index in [9.17, 15) is 14.7 Å². The van der Waals surface area contributed by atoms with Gasteiger partial charge in [0.2, 0.25) is 11.8 Å². The van der Waals surface area contributed by atoms with Crippen molar-refractivity contribution in [3.05, 3.63) is 35.4 Å². The number of carbonyl (C=O) groups is 2. The van der Waals surface area contributed by atoms with Gasteiger partial charge in [-0.05, 0) is 68.1 Å². The first-order valence-corrected chi connectivity index (χ1v) is 13.1. The van der Waals surface area contributed by atoms with Gasteiger partial charge in [0.1, 0.15) is 6.61 Å². The maximum atomic E-state index is 12.4. The zero-order valence-electron chi connectivity index (χ0n) is 20.0. The molecule has 2 saturated heterocycles. The van der Waals surface area contributed by atoms with Gasteiger partial charge in [-0.2, -0.15) is 0 Å². The van der Waals surface area contributed by atoms with E-state index in [0.717, 1.165) is 38.3 Å². The minimum atomic E-state index is -0.394. The van der Waals surface area contributed by atoms with Crippen molar-refractivity contribution in [3.63, 3.8) is 0 Å². The summed E-state index contributed by atoms with van der Waals surface area (Å²) in [5.74, 6) is 0.787. The highest BCUT2D eigenvalue weighted by Gasteiger charge is 2.41. The fraction of sp³-hybridized carbons (Fsp3) is 0.704. The number of hydrogen-bond donors (Lipinski definition) is 2. The van der Waals surface area contributed by atoms with Crippen LogP contribution < -0.4 is 5.73 Å². The molecule has 3 N–H and O–H groups in total. The van der Waals surface area contributed by atoms with Crippen molar-refractivity contribution in [1.82, 2.24) is 9.80 Å². The molecule has 3 atom stereocenters. The maximum Gasteiger partial charge on any atom is 0.248 e. The summed E-state index contributed by atoms with van der Waals surface area (Å²) < 4.78 is 0. The molecule has 6 nitrogen and oxygen atoms in total. The number of aliphatic hydroxyl groups is 1. The Hall–Kier alpha value is -1.92. The van der Waals surface area contributed by atoms with Gasteiger partial charge in [-0.1, -0.05) is 44.2 Å². The monoisotopic (exact) mass is 455 g/mol. The normalized spacial score (nSPS) is 25.8. The average Bonchev–Trinajstić information content (AvgIpc) is 3.07. The average molecular weight is 456 g/mol. The number of benzene rings is 1. The molecule has 1 aliphatic carbocycles. The van der Waals surface area contributed by atoms with E-state index in [2.05, 4.69) is 11.0 Å². The minimum Gasteiger partial charge on any atom is -0.387 e. The van der Waals surface area contributed by atoms with E-state index in [1.807, 2.05) is 17.0 Å². The molecule has 1 aromatic rings. The van der Waals surface area contributed by atoms with Crippen molar-refractivity contribution in [2.45, 2.75) is 88.6 Å². The van der Waals surface area contributed by atoms with E-state index in [1.165, 1.54) is 56.9 Å². The summed E-state index contributed by atoms with van der Waals surface area (Å²) in [5, 5.41) is 9.49. The molecule has 4 rings (SSSR count). The molecule has 6 heteroatoms. The van der Waals surface area contributed by atoms with Crippen LogP contribution in [0.2, 0.25) is 0 Å². The van der Waals surface area contributed by atoms with Crippen LogP contribution >= 0.6 is 0 Å². The van der Waals surface area contributed by atoms with Crippen LogP contribution in [-0.4, -0.2) is 65.0 Å². The van der Waals surface area contributed by atoms with Gasteiger partial charge in [-0.25, -0.2) is 0 Å². The number of aliphatic hydroxyl groups excluding tert-OH is 1. The second-order valence-electron chi connectivity index (χ2n) is 10.5. The highest BCUT2D eigenvalue weighted by atomic mass is 16.3. The molecule has 2 amide bonds. The third-order valence-corrected chi connectivity index (χ3v) is 8.41. The van der Waals surface area contributed by atoms with Gasteiger partial charge in [-0.15, -0.1) is 0 Å². The zero-order chi connectivity index (χ0) is 23.2. The van der Waals surface area contributed by atoms with E-state index < -0.39 is 6.61 Å². The molecule has 2 heterocycles. The number of nitrogens with two attached hydrogens (primary N) is 1. The Bertz CT molecular complexity index is 794. The molecule has 1 aromatic carbocycles. The highest BCUT2D eigenvalue weighted by Crippen LogP contribution is 2.43. The van der Waals surface area contributed by atoms with E-state index in [4.69, 9.17) is 5.73 Å². The summed E-state index contributed by atoms with van der Waals surface area (Å²) in [5.41, 5.74) is 7.30. The molecule has 182 valence electrons. The van der Waals surface area contributed by atoms with Crippen LogP contribution in [0, 0.1) is 5.92 Å². The molecule has 1 saturated carbocycles. The Kier molecular flexibility index (Phi) is 8.42. The van der Waals surface area contributed by atoms with Crippen LogP contribution in [0.1, 0.15) is 92.5 Å². The second kappa shape index (κ2) is 11.5. The smallest absolute Gasteiger partial charge is 0.248 e. The predicted molar refractivity (Wildman–Crippen MR) is 130 cm³/mol. The molecule has 3 fully saturated rings. The van der Waals surface area contributed by atoms with Crippen LogP contribution in [-0.2, 0) is 4.79 Å². The number of fused-ring (bicyclic) bond motifs is 2. The van der Waals surface area contributed by atoms with Crippen LogP contribution in [0.25, 0.3) is 0 Å². The fourth-order valence-corrected chi connectivity index (χ4v) is 6.60. The molecule has 2 aliphatic heterocycles. The number of primary amides is 1. The summed E-state index contributed by atoms with van der Waals surface area (Å²) in [6.45, 7) is 1.97. The summed E-state index contributed by atoms with van der Waals surface area (Å²) in [4.78, 5) is 28.5. The topological polar surface area (TPSA) is 86.9 Å². The lowest BCUT2D eigenvalue weighted by Crippen LogP contribution is -2.47. The third-order valence-electron chi connectivity index (χ3n) is 8.41. The Balaban J connectivity index is 1.29. The van der Waals surface area contributed by atoms with Crippen LogP contribution in [0.4, 0.5) is 0 Å². The number of rotatable bonds is 10. The first-order valence-electron chi connectivity index (χ1n) is 13.1. The number of hydrogen-bond acceptors (Lipinski definition) is 4. The van der Waals surface area contributed by atoms with E-state index in [0.29, 0.717) is 30.1 Å². The molecular formula is C27H41N3O3. The Labute approximate surface area is 198 Å². The molecule has 0 spiro atoms. The third kappa shape index (κ3) is 6.15. The van der Waals surface area contributed by atoms with Crippen molar-refractivity contribution in [3.8, 4) is 0 Å². The van der Waals surface area contributed by atoms with E-state index in [1.54, 1.807) is 6.07 Å². The van der Waals surface area contributed by atoms with Gasteiger partial charge in [0.25, 0.3) is 0 Å². The molecule has 0 radical (unpaired) electrons. The summed E-state index contributed by atoms with van der Waals surface area (Å²) in [6, 6.07) is 8.88. The van der Waals surface area contributed by atoms with Crippen molar-refractivity contribution < 1.29 is 14.7 Å². The molecule has 2 bridgehead atoms. The van der Waals surface area contributed by atoms with Crippen LogP contribution in [0.15, 0.2) is 24.3 Å². The fourth-order valence-electron chi connectivity index (χ4n) is 6.60. The second-order valence-corrected chi connectivity index (χ2v) is 10.5. The van der Waals surface area contributed by atoms with Gasteiger partial charge >= 0.3 is 0 Å². The number of carbonyl (C=O) groups excluding carboxylic acids is 2. The maximum absolute atomic E-state index is 12.4. The SMILES string of the molecule is NC(=O)c1cccc(C2C[C@H]3CC[C@@H](C2)N3CCN(CCCC2CCCCC2)C(=O)CO)c1. The van der Waals surface area contributed by atoms with Gasteiger partial charge in [0, 0.05) is 37.3 Å². The van der Waals surface area contributed by atoms with E-state index >= 15 is 0 Å². The quantitative estimate of drug-likeness (QED) is 0.563. The summed E-state index contributed by atoms with van der Waals surface area (Å²) >= 11 is 0. The van der Waals surface area contributed by atoms with Crippen molar-refractivity contribution >= 4 is 11.8 Å². The zero-order valence-corrected chi connectivity index (χ0v) is 20.0. The van der Waals surface area contributed by atoms with Crippen molar-refractivity contribution in [2.75, 3.05) is 26.2 Å². The molecule has 3 aliphatic rings. The summed E-state index contributed by atoms with van der Waals surface area (Å²) in [7, 11) is 0. The van der Waals surface area contributed by atoms with Crippen LogP contribution in [0.3, 0.4) is 0 Å². The van der Waals surface area contributed by atoms with Gasteiger partial charge < -0.3 is 15.7 Å². The lowest BCUT2D eigenvalue weighted by Gasteiger charge is -2.40. The first-order chi connectivity index (χ1) is 16.0. The minimum absolute atomic E-state index is 0.135. The molecule has 33 heavy (non-hydrogen) atoms. The molecular weight excluding hydrogens is 414 g/mol. The van der Waals surface area contributed by atoms with Gasteiger partial charge in [-0.3, -0.25) is 14.5 Å². The predicted octanol–water partition coefficient (Wildman–Crippen LogP) is 3.68. The lowest BCUT2D eigenvalue weighted by atomic mass is 9.84. The van der Waals surface area contributed by atoms with Crippen molar-refractivity contribution in [2.24, 2.45) is 11.7 Å². The van der Waals surface area contributed by atoms with Crippen molar-refractivity contribution in [1.29, 1.82) is 0 Å². The highest BCUT2D eigenvalue weighted by molar-refractivity contribution is 5.92. The summed E-state index contributed by atoms with van der Waals surface area (Å²) in [6.07, 6.45) is 13.6. The Morgan fingerprint density at radius 2 is 1.76 bits per heavy atom. The van der Waals surface area contributed by atoms with E-state index in [-0.39, 0.29) is 11.8 Å². The van der Waals surface area contributed by atoms with Crippen LogP contribution in [0.5, 0.6) is 0 Å². The molecule has 1 unspecified atom stereocenters. The Morgan fingerprint density at radius 3 is 2.42 bits per heavy atom. The first kappa shape index (κ1) is 24.2. The van der Waals surface area contributed by atoms with Gasteiger partial charge in [0.15, 0.2) is 0 Å².